The Hall–Kier alpha value is -0.970. The highest BCUT2D eigenvalue weighted by molar-refractivity contribution is 5.07. The lowest BCUT2D eigenvalue weighted by Crippen LogP contribution is -2.29. The van der Waals surface area contributed by atoms with E-state index in [0.29, 0.717) is 0 Å². The van der Waals surface area contributed by atoms with E-state index in [4.69, 9.17) is 9.47 Å². The van der Waals surface area contributed by atoms with Gasteiger partial charge in [0.25, 0.3) is 0 Å². The van der Waals surface area contributed by atoms with Gasteiger partial charge in [-0.05, 0) is 25.1 Å². The van der Waals surface area contributed by atoms with Crippen molar-refractivity contribution < 1.29 is 9.47 Å². The molecular weight excluding hydrogens is 216 g/mol. The van der Waals surface area contributed by atoms with E-state index in [1.165, 1.54) is 5.56 Å². The number of pyridine rings is 1. The molecule has 1 aromatic heterocycles. The Labute approximate surface area is 103 Å². The number of ether oxygens (including phenoxy) is 2. The highest BCUT2D eigenvalue weighted by atomic mass is 16.7. The molecule has 0 amide bonds. The van der Waals surface area contributed by atoms with Crippen LogP contribution in [-0.2, 0) is 16.0 Å². The first-order chi connectivity index (χ1) is 8.34. The summed E-state index contributed by atoms with van der Waals surface area (Å²) in [5, 5.41) is 0. The van der Waals surface area contributed by atoms with Gasteiger partial charge < -0.3 is 14.4 Å². The van der Waals surface area contributed by atoms with Crippen LogP contribution in [-0.4, -0.2) is 43.0 Å². The molecule has 0 spiro atoms. The second-order valence-electron chi connectivity index (χ2n) is 4.41. The van der Waals surface area contributed by atoms with Gasteiger partial charge in [-0.2, -0.15) is 0 Å². The van der Waals surface area contributed by atoms with Crippen molar-refractivity contribution in [1.29, 1.82) is 0 Å². The molecule has 2 rings (SSSR count). The van der Waals surface area contributed by atoms with E-state index in [2.05, 4.69) is 23.0 Å². The molecule has 0 bridgehead atoms. The fourth-order valence-corrected chi connectivity index (χ4v) is 1.91. The Morgan fingerprint density at radius 3 is 2.94 bits per heavy atom. The second-order valence-corrected chi connectivity index (χ2v) is 4.41. The quantitative estimate of drug-likeness (QED) is 0.779. The first-order valence-corrected chi connectivity index (χ1v) is 6.15. The lowest BCUT2D eigenvalue weighted by Gasteiger charge is -2.25. The molecule has 0 saturated carbocycles. The maximum Gasteiger partial charge on any atom is 0.158 e. The molecule has 1 aliphatic rings. The minimum atomic E-state index is -0.0138. The van der Waals surface area contributed by atoms with Crippen LogP contribution in [0.2, 0.25) is 0 Å². The average Bonchev–Trinajstić information content (AvgIpc) is 2.39. The van der Waals surface area contributed by atoms with Crippen LogP contribution in [0, 0.1) is 0 Å². The van der Waals surface area contributed by atoms with Gasteiger partial charge in [0.05, 0.1) is 13.2 Å². The van der Waals surface area contributed by atoms with Crippen LogP contribution in [0.5, 0.6) is 0 Å². The van der Waals surface area contributed by atoms with Crippen LogP contribution in [0.3, 0.4) is 0 Å². The smallest absolute Gasteiger partial charge is 0.158 e. The monoisotopic (exact) mass is 236 g/mol. The van der Waals surface area contributed by atoms with E-state index >= 15 is 0 Å². The molecule has 1 saturated heterocycles. The third-order valence-electron chi connectivity index (χ3n) is 2.82. The summed E-state index contributed by atoms with van der Waals surface area (Å²) in [6.07, 6.45) is 5.64. The first kappa shape index (κ1) is 12.5. The van der Waals surface area contributed by atoms with Gasteiger partial charge in [-0.15, -0.1) is 0 Å². The van der Waals surface area contributed by atoms with Gasteiger partial charge >= 0.3 is 0 Å². The van der Waals surface area contributed by atoms with E-state index in [1.54, 1.807) is 6.20 Å². The number of hydrogen-bond acceptors (Lipinski definition) is 4. The van der Waals surface area contributed by atoms with Crippen LogP contribution in [0.4, 0.5) is 0 Å². The molecule has 0 aromatic carbocycles. The molecule has 17 heavy (non-hydrogen) atoms. The standard InChI is InChI=1S/C13H20N2O2/c1-15(11-12-4-2-6-14-10-12)7-5-13-16-8-3-9-17-13/h2,4,6,10,13H,3,5,7-9,11H2,1H3. The lowest BCUT2D eigenvalue weighted by molar-refractivity contribution is -0.182. The molecule has 0 unspecified atom stereocenters. The van der Waals surface area contributed by atoms with Gasteiger partial charge in [0, 0.05) is 31.9 Å². The van der Waals surface area contributed by atoms with Crippen molar-refractivity contribution in [1.82, 2.24) is 9.88 Å². The van der Waals surface area contributed by atoms with Crippen molar-refractivity contribution in [2.24, 2.45) is 0 Å². The van der Waals surface area contributed by atoms with Crippen LogP contribution in [0.1, 0.15) is 18.4 Å². The zero-order valence-electron chi connectivity index (χ0n) is 10.3. The largest absolute Gasteiger partial charge is 0.353 e. The summed E-state index contributed by atoms with van der Waals surface area (Å²) in [7, 11) is 2.11. The molecule has 0 aliphatic carbocycles. The third kappa shape index (κ3) is 4.42. The van der Waals surface area contributed by atoms with E-state index in [9.17, 15) is 0 Å². The second kappa shape index (κ2) is 6.69. The van der Waals surface area contributed by atoms with Crippen LogP contribution in [0.25, 0.3) is 0 Å². The van der Waals surface area contributed by atoms with Crippen molar-refractivity contribution in [2.45, 2.75) is 25.7 Å². The molecule has 1 aromatic rings. The molecule has 0 radical (unpaired) electrons. The van der Waals surface area contributed by atoms with Gasteiger partial charge in [0.2, 0.25) is 0 Å². The van der Waals surface area contributed by atoms with Crippen molar-refractivity contribution in [3.8, 4) is 0 Å². The van der Waals surface area contributed by atoms with E-state index in [-0.39, 0.29) is 6.29 Å². The Kier molecular flexibility index (Phi) is 4.91. The lowest BCUT2D eigenvalue weighted by atomic mass is 10.2. The Morgan fingerprint density at radius 1 is 1.41 bits per heavy atom. The zero-order chi connectivity index (χ0) is 11.9. The van der Waals surface area contributed by atoms with Crippen molar-refractivity contribution in [2.75, 3.05) is 26.8 Å². The van der Waals surface area contributed by atoms with Gasteiger partial charge in [0.1, 0.15) is 0 Å². The van der Waals surface area contributed by atoms with E-state index < -0.39 is 0 Å². The topological polar surface area (TPSA) is 34.6 Å². The minimum absolute atomic E-state index is 0.0138. The van der Waals surface area contributed by atoms with Gasteiger partial charge in [-0.3, -0.25) is 4.98 Å². The fraction of sp³-hybridized carbons (Fsp3) is 0.615. The average molecular weight is 236 g/mol. The summed E-state index contributed by atoms with van der Waals surface area (Å²) in [6, 6.07) is 4.06. The molecule has 0 atom stereocenters. The highest BCUT2D eigenvalue weighted by Crippen LogP contribution is 2.10. The Bertz CT molecular complexity index is 312. The summed E-state index contributed by atoms with van der Waals surface area (Å²) in [4.78, 5) is 6.37. The van der Waals surface area contributed by atoms with Gasteiger partial charge in [0.15, 0.2) is 6.29 Å². The summed E-state index contributed by atoms with van der Waals surface area (Å²) < 4.78 is 11.0. The molecule has 2 heterocycles. The molecule has 94 valence electrons. The number of aromatic nitrogens is 1. The summed E-state index contributed by atoms with van der Waals surface area (Å²) >= 11 is 0. The Morgan fingerprint density at radius 2 is 2.24 bits per heavy atom. The fourth-order valence-electron chi connectivity index (χ4n) is 1.91. The minimum Gasteiger partial charge on any atom is -0.353 e. The molecule has 4 heteroatoms. The van der Waals surface area contributed by atoms with Gasteiger partial charge in [-0.1, -0.05) is 6.07 Å². The molecule has 1 fully saturated rings. The van der Waals surface area contributed by atoms with Crippen LogP contribution >= 0.6 is 0 Å². The maximum atomic E-state index is 5.52. The number of nitrogens with zero attached hydrogens (tertiary/aromatic N) is 2. The molecule has 0 N–H and O–H groups in total. The van der Waals surface area contributed by atoms with E-state index in [1.807, 2.05) is 12.3 Å². The normalized spacial score (nSPS) is 17.5. The third-order valence-corrected chi connectivity index (χ3v) is 2.82. The first-order valence-electron chi connectivity index (χ1n) is 6.15. The van der Waals surface area contributed by atoms with E-state index in [0.717, 1.165) is 39.1 Å². The SMILES string of the molecule is CN(CCC1OCCCO1)Cc1cccnc1. The maximum absolute atomic E-state index is 5.52. The number of rotatable bonds is 5. The summed E-state index contributed by atoms with van der Waals surface area (Å²) in [5.41, 5.74) is 1.24. The van der Waals surface area contributed by atoms with Crippen LogP contribution in [0.15, 0.2) is 24.5 Å². The highest BCUT2D eigenvalue weighted by Gasteiger charge is 2.14. The summed E-state index contributed by atoms with van der Waals surface area (Å²) in [5.74, 6) is 0. The predicted molar refractivity (Wildman–Crippen MR) is 65.5 cm³/mol. The molecule has 1 aliphatic heterocycles. The van der Waals surface area contributed by atoms with Crippen molar-refractivity contribution in [3.63, 3.8) is 0 Å². The van der Waals surface area contributed by atoms with Crippen LogP contribution < -0.4 is 0 Å². The predicted octanol–water partition coefficient (Wildman–Crippen LogP) is 1.67. The van der Waals surface area contributed by atoms with Crippen molar-refractivity contribution in [3.05, 3.63) is 30.1 Å². The molecular formula is C13H20N2O2. The molecule has 4 nitrogen and oxygen atoms in total. The number of hydrogen-bond donors (Lipinski definition) is 0. The zero-order valence-corrected chi connectivity index (χ0v) is 10.3. The van der Waals surface area contributed by atoms with Gasteiger partial charge in [-0.25, -0.2) is 0 Å². The summed E-state index contributed by atoms with van der Waals surface area (Å²) in [6.45, 7) is 3.55. The Balaban J connectivity index is 1.68. The van der Waals surface area contributed by atoms with Crippen molar-refractivity contribution >= 4 is 0 Å².